The molecule has 0 saturated carbocycles. The average Bonchev–Trinajstić information content (AvgIpc) is 2.68. The number of carbonyl (C=O) groups excluding carboxylic acids is 1. The lowest BCUT2D eigenvalue weighted by molar-refractivity contribution is -0.130. The van der Waals surface area contributed by atoms with Crippen molar-refractivity contribution >= 4 is 17.8 Å². The van der Waals surface area contributed by atoms with Crippen molar-refractivity contribution in [1.82, 2.24) is 5.43 Å². The van der Waals surface area contributed by atoms with E-state index >= 15 is 0 Å². The highest BCUT2D eigenvalue weighted by atomic mass is 16.6. The number of rotatable bonds is 6. The van der Waals surface area contributed by atoms with Gasteiger partial charge in [0.25, 0.3) is 5.91 Å². The fourth-order valence-corrected chi connectivity index (χ4v) is 2.49. The summed E-state index contributed by atoms with van der Waals surface area (Å²) in [6.07, 6.45) is 0.822. The number of aliphatic hydroxyl groups excluding tert-OH is 1. The molecule has 0 spiro atoms. The largest absolute Gasteiger partial charge is 0.485 e. The van der Waals surface area contributed by atoms with Crippen molar-refractivity contribution in [3.05, 3.63) is 54.1 Å². The van der Waals surface area contributed by atoms with E-state index in [4.69, 9.17) is 14.6 Å². The first kappa shape index (κ1) is 17.8. The van der Waals surface area contributed by atoms with E-state index in [0.29, 0.717) is 18.0 Å². The van der Waals surface area contributed by atoms with Crippen LogP contribution in [0.4, 0.5) is 5.69 Å². The molecule has 0 bridgehead atoms. The van der Waals surface area contributed by atoms with Crippen molar-refractivity contribution in [2.24, 2.45) is 5.10 Å². The smallest absolute Gasteiger partial charge is 0.284 e. The number of fused-ring (bicyclic) bond motifs is 1. The maximum atomic E-state index is 12.2. The van der Waals surface area contributed by atoms with Crippen molar-refractivity contribution in [1.29, 1.82) is 0 Å². The van der Waals surface area contributed by atoms with Gasteiger partial charge in [0.15, 0.2) is 11.5 Å². The Morgan fingerprint density at radius 1 is 1.27 bits per heavy atom. The van der Waals surface area contributed by atoms with Crippen LogP contribution in [0.5, 0.6) is 11.5 Å². The highest BCUT2D eigenvalue weighted by molar-refractivity contribution is 5.85. The van der Waals surface area contributed by atoms with Crippen LogP contribution in [0.1, 0.15) is 5.56 Å². The summed E-state index contributed by atoms with van der Waals surface area (Å²) in [5.41, 5.74) is 4.31. The highest BCUT2D eigenvalue weighted by Crippen LogP contribution is 2.30. The van der Waals surface area contributed by atoms with E-state index in [1.807, 2.05) is 48.3 Å². The normalized spacial score (nSPS) is 15.7. The first-order valence-electron chi connectivity index (χ1n) is 8.31. The van der Waals surface area contributed by atoms with Gasteiger partial charge < -0.3 is 19.5 Å². The van der Waals surface area contributed by atoms with Crippen LogP contribution >= 0.6 is 0 Å². The SMILES string of the molecule is CN(CCO)c1ccc(/C=N\NC(=O)[C@H]2COc3ccccc3O2)cc1. The predicted molar refractivity (Wildman–Crippen MR) is 98.9 cm³/mol. The first-order chi connectivity index (χ1) is 12.7. The molecule has 1 heterocycles. The van der Waals surface area contributed by atoms with Crippen LogP contribution in [0.2, 0.25) is 0 Å². The van der Waals surface area contributed by atoms with Gasteiger partial charge in [0, 0.05) is 19.3 Å². The summed E-state index contributed by atoms with van der Waals surface area (Å²) in [7, 11) is 1.91. The van der Waals surface area contributed by atoms with Crippen molar-refractivity contribution in [2.45, 2.75) is 6.10 Å². The molecular weight excluding hydrogens is 334 g/mol. The van der Waals surface area contributed by atoms with Gasteiger partial charge in [-0.05, 0) is 29.8 Å². The minimum atomic E-state index is -0.739. The molecule has 0 aliphatic carbocycles. The zero-order valence-electron chi connectivity index (χ0n) is 14.5. The Morgan fingerprint density at radius 2 is 2.00 bits per heavy atom. The Morgan fingerprint density at radius 3 is 2.73 bits per heavy atom. The number of ether oxygens (including phenoxy) is 2. The number of anilines is 1. The number of aliphatic hydroxyl groups is 1. The fraction of sp³-hybridized carbons (Fsp3) is 0.263. The molecule has 7 heteroatoms. The number of hydrogen-bond donors (Lipinski definition) is 2. The summed E-state index contributed by atoms with van der Waals surface area (Å²) in [5, 5.41) is 12.9. The van der Waals surface area contributed by atoms with Gasteiger partial charge in [0.05, 0.1) is 12.8 Å². The monoisotopic (exact) mass is 355 g/mol. The summed E-state index contributed by atoms with van der Waals surface area (Å²) in [6, 6.07) is 14.8. The summed E-state index contributed by atoms with van der Waals surface area (Å²) in [5.74, 6) is 0.812. The number of benzene rings is 2. The van der Waals surface area contributed by atoms with E-state index in [-0.39, 0.29) is 19.1 Å². The lowest BCUT2D eigenvalue weighted by atomic mass is 10.2. The minimum Gasteiger partial charge on any atom is -0.485 e. The number of carbonyl (C=O) groups is 1. The van der Waals surface area contributed by atoms with Crippen molar-refractivity contribution in [3.8, 4) is 11.5 Å². The molecule has 1 atom stereocenters. The molecule has 3 rings (SSSR count). The number of amides is 1. The Labute approximate surface area is 151 Å². The average molecular weight is 355 g/mol. The summed E-state index contributed by atoms with van der Waals surface area (Å²) < 4.78 is 11.1. The topological polar surface area (TPSA) is 83.4 Å². The van der Waals surface area contributed by atoms with Gasteiger partial charge in [0.1, 0.15) is 6.61 Å². The Hall–Kier alpha value is -3.06. The molecular formula is C19H21N3O4. The van der Waals surface area contributed by atoms with E-state index < -0.39 is 6.10 Å². The van der Waals surface area contributed by atoms with Gasteiger partial charge in [-0.2, -0.15) is 5.10 Å². The lowest BCUT2D eigenvalue weighted by Crippen LogP contribution is -2.42. The summed E-state index contributed by atoms with van der Waals surface area (Å²) in [6.45, 7) is 0.809. The summed E-state index contributed by atoms with van der Waals surface area (Å²) >= 11 is 0. The second kappa shape index (κ2) is 8.35. The van der Waals surface area contributed by atoms with Crippen LogP contribution in [0, 0.1) is 0 Å². The number of hydrazone groups is 1. The molecule has 0 radical (unpaired) electrons. The van der Waals surface area contributed by atoms with Gasteiger partial charge in [-0.25, -0.2) is 5.43 Å². The van der Waals surface area contributed by atoms with E-state index in [1.54, 1.807) is 18.3 Å². The van der Waals surface area contributed by atoms with E-state index in [0.717, 1.165) is 11.3 Å². The van der Waals surface area contributed by atoms with Crippen LogP contribution < -0.4 is 19.8 Å². The number of likely N-dealkylation sites (N-methyl/N-ethyl adjacent to an activating group) is 1. The van der Waals surface area contributed by atoms with E-state index in [2.05, 4.69) is 10.5 Å². The molecule has 0 saturated heterocycles. The molecule has 0 unspecified atom stereocenters. The molecule has 26 heavy (non-hydrogen) atoms. The highest BCUT2D eigenvalue weighted by Gasteiger charge is 2.26. The van der Waals surface area contributed by atoms with Gasteiger partial charge in [0.2, 0.25) is 6.10 Å². The first-order valence-corrected chi connectivity index (χ1v) is 8.31. The third-order valence-electron chi connectivity index (χ3n) is 3.96. The number of para-hydroxylation sites is 2. The second-order valence-corrected chi connectivity index (χ2v) is 5.84. The second-order valence-electron chi connectivity index (χ2n) is 5.84. The van der Waals surface area contributed by atoms with Gasteiger partial charge in [-0.15, -0.1) is 0 Å². The Kier molecular flexibility index (Phi) is 5.70. The molecule has 0 aromatic heterocycles. The lowest BCUT2D eigenvalue weighted by Gasteiger charge is -2.24. The fourth-order valence-electron chi connectivity index (χ4n) is 2.49. The van der Waals surface area contributed by atoms with Gasteiger partial charge in [-0.3, -0.25) is 4.79 Å². The zero-order valence-corrected chi connectivity index (χ0v) is 14.5. The van der Waals surface area contributed by atoms with Gasteiger partial charge >= 0.3 is 0 Å². The van der Waals surface area contributed by atoms with Crippen LogP contribution in [-0.2, 0) is 4.79 Å². The Balaban J connectivity index is 1.53. The van der Waals surface area contributed by atoms with Crippen LogP contribution in [-0.4, -0.2) is 50.1 Å². The molecule has 2 N–H and O–H groups in total. The van der Waals surface area contributed by atoms with Crippen LogP contribution in [0.3, 0.4) is 0 Å². The number of nitrogens with zero attached hydrogens (tertiary/aromatic N) is 2. The third kappa shape index (κ3) is 4.31. The van der Waals surface area contributed by atoms with Crippen molar-refractivity contribution in [3.63, 3.8) is 0 Å². The number of nitrogens with one attached hydrogen (secondary N) is 1. The molecule has 2 aromatic carbocycles. The standard InChI is InChI=1S/C19H21N3O4/c1-22(10-11-23)15-8-6-14(7-9-15)12-20-21-19(24)18-13-25-16-4-2-3-5-17(16)26-18/h2-9,12,18,23H,10-11,13H2,1H3,(H,21,24)/b20-12-/t18-/m1/s1. The molecule has 2 aromatic rings. The van der Waals surface area contributed by atoms with Crippen molar-refractivity contribution in [2.75, 3.05) is 31.7 Å². The molecule has 0 fully saturated rings. The van der Waals surface area contributed by atoms with Crippen LogP contribution in [0.15, 0.2) is 53.6 Å². The van der Waals surface area contributed by atoms with E-state index in [1.165, 1.54) is 0 Å². The summed E-state index contributed by atoms with van der Waals surface area (Å²) in [4.78, 5) is 14.1. The van der Waals surface area contributed by atoms with Crippen molar-refractivity contribution < 1.29 is 19.4 Å². The zero-order chi connectivity index (χ0) is 18.4. The molecule has 1 amide bonds. The Bertz CT molecular complexity index is 777. The third-order valence-corrected chi connectivity index (χ3v) is 3.96. The van der Waals surface area contributed by atoms with Crippen LogP contribution in [0.25, 0.3) is 0 Å². The predicted octanol–water partition coefficient (Wildman–Crippen LogP) is 1.41. The molecule has 136 valence electrons. The maximum absolute atomic E-state index is 12.2. The minimum absolute atomic E-state index is 0.100. The molecule has 1 aliphatic heterocycles. The number of hydrogen-bond acceptors (Lipinski definition) is 6. The molecule has 1 aliphatic rings. The molecule has 7 nitrogen and oxygen atoms in total. The quantitative estimate of drug-likeness (QED) is 0.605. The van der Waals surface area contributed by atoms with E-state index in [9.17, 15) is 4.79 Å². The van der Waals surface area contributed by atoms with Gasteiger partial charge in [-0.1, -0.05) is 24.3 Å². The maximum Gasteiger partial charge on any atom is 0.284 e.